The molecule has 2 aliphatic rings. The lowest BCUT2D eigenvalue weighted by molar-refractivity contribution is -0.123. The summed E-state index contributed by atoms with van der Waals surface area (Å²) < 4.78 is 5.45. The minimum atomic E-state index is -0.306. The standard InChI is InChI=1S/C10H15NO2/c11-6-2-5-10-4-1-3-9(10)13-7-8(10)12/h2,5,9H,1,3-4,6-7,11H2. The van der Waals surface area contributed by atoms with E-state index in [4.69, 9.17) is 10.5 Å². The second-order valence-corrected chi connectivity index (χ2v) is 3.79. The second kappa shape index (κ2) is 3.24. The Kier molecular flexibility index (Phi) is 2.22. The van der Waals surface area contributed by atoms with E-state index < -0.39 is 0 Å². The van der Waals surface area contributed by atoms with Gasteiger partial charge in [-0.3, -0.25) is 4.79 Å². The molecule has 3 nitrogen and oxygen atoms in total. The molecule has 0 aromatic heterocycles. The van der Waals surface area contributed by atoms with Crippen LogP contribution in [0.25, 0.3) is 0 Å². The third kappa shape index (κ3) is 1.23. The number of fused-ring (bicyclic) bond motifs is 1. The van der Waals surface area contributed by atoms with Crippen LogP contribution in [0.3, 0.4) is 0 Å². The minimum Gasteiger partial charge on any atom is -0.369 e. The van der Waals surface area contributed by atoms with Gasteiger partial charge in [0.1, 0.15) is 6.61 Å². The maximum absolute atomic E-state index is 11.7. The zero-order valence-electron chi connectivity index (χ0n) is 7.66. The molecule has 2 N–H and O–H groups in total. The van der Waals surface area contributed by atoms with Crippen molar-refractivity contribution in [1.82, 2.24) is 0 Å². The summed E-state index contributed by atoms with van der Waals surface area (Å²) in [6, 6.07) is 0. The van der Waals surface area contributed by atoms with Gasteiger partial charge in [-0.15, -0.1) is 0 Å². The largest absolute Gasteiger partial charge is 0.369 e. The Balaban J connectivity index is 2.24. The van der Waals surface area contributed by atoms with Crippen molar-refractivity contribution < 1.29 is 9.53 Å². The van der Waals surface area contributed by atoms with E-state index in [1.165, 1.54) is 0 Å². The molecule has 3 heteroatoms. The molecule has 2 atom stereocenters. The predicted octanol–water partition coefficient (Wildman–Crippen LogP) is 0.639. The lowest BCUT2D eigenvalue weighted by atomic mass is 9.81. The molecule has 0 radical (unpaired) electrons. The van der Waals surface area contributed by atoms with E-state index in [0.29, 0.717) is 13.2 Å². The Morgan fingerprint density at radius 1 is 1.69 bits per heavy atom. The van der Waals surface area contributed by atoms with Gasteiger partial charge in [-0.2, -0.15) is 0 Å². The summed E-state index contributed by atoms with van der Waals surface area (Å²) in [6.07, 6.45) is 7.02. The summed E-state index contributed by atoms with van der Waals surface area (Å²) in [7, 11) is 0. The molecule has 2 unspecified atom stereocenters. The average Bonchev–Trinajstić information content (AvgIpc) is 2.65. The van der Waals surface area contributed by atoms with Gasteiger partial charge < -0.3 is 10.5 Å². The molecule has 2 fully saturated rings. The van der Waals surface area contributed by atoms with E-state index >= 15 is 0 Å². The van der Waals surface area contributed by atoms with Crippen molar-refractivity contribution in [3.8, 4) is 0 Å². The first-order chi connectivity index (χ1) is 6.29. The summed E-state index contributed by atoms with van der Waals surface area (Å²) in [4.78, 5) is 11.7. The van der Waals surface area contributed by atoms with E-state index in [2.05, 4.69) is 0 Å². The molecule has 0 aromatic carbocycles. The maximum Gasteiger partial charge on any atom is 0.170 e. The van der Waals surface area contributed by atoms with Gasteiger partial charge in [-0.1, -0.05) is 12.2 Å². The first-order valence-corrected chi connectivity index (χ1v) is 4.82. The molecule has 1 heterocycles. The molecule has 0 spiro atoms. The molecular formula is C10H15NO2. The van der Waals surface area contributed by atoms with Crippen LogP contribution in [0.5, 0.6) is 0 Å². The molecule has 0 aromatic rings. The summed E-state index contributed by atoms with van der Waals surface area (Å²) in [5, 5.41) is 0. The quantitative estimate of drug-likeness (QED) is 0.636. The predicted molar refractivity (Wildman–Crippen MR) is 49.2 cm³/mol. The number of nitrogens with two attached hydrogens (primary N) is 1. The van der Waals surface area contributed by atoms with Gasteiger partial charge in [0.25, 0.3) is 0 Å². The number of hydrogen-bond donors (Lipinski definition) is 1. The number of hydrogen-bond acceptors (Lipinski definition) is 3. The van der Waals surface area contributed by atoms with Crippen LogP contribution in [-0.4, -0.2) is 25.0 Å². The Labute approximate surface area is 77.9 Å². The molecule has 1 saturated carbocycles. The van der Waals surface area contributed by atoms with Gasteiger partial charge >= 0.3 is 0 Å². The van der Waals surface area contributed by atoms with Crippen LogP contribution >= 0.6 is 0 Å². The maximum atomic E-state index is 11.7. The molecule has 1 aliphatic heterocycles. The molecule has 1 aliphatic carbocycles. The van der Waals surface area contributed by atoms with Crippen LogP contribution in [0.15, 0.2) is 12.2 Å². The van der Waals surface area contributed by atoms with Crippen molar-refractivity contribution in [2.45, 2.75) is 25.4 Å². The van der Waals surface area contributed by atoms with Crippen molar-refractivity contribution >= 4 is 5.78 Å². The van der Waals surface area contributed by atoms with E-state index in [1.54, 1.807) is 0 Å². The van der Waals surface area contributed by atoms with Crippen LogP contribution in [0, 0.1) is 5.41 Å². The monoisotopic (exact) mass is 181 g/mol. The molecule has 13 heavy (non-hydrogen) atoms. The SMILES string of the molecule is NCC=CC12CCCC1OCC2=O. The summed E-state index contributed by atoms with van der Waals surface area (Å²) in [5.74, 6) is 0.236. The highest BCUT2D eigenvalue weighted by molar-refractivity contribution is 5.90. The Hall–Kier alpha value is -0.670. The molecule has 72 valence electrons. The van der Waals surface area contributed by atoms with Gasteiger partial charge in [-0.05, 0) is 19.3 Å². The summed E-state index contributed by atoms with van der Waals surface area (Å²) in [6.45, 7) is 0.793. The van der Waals surface area contributed by atoms with Gasteiger partial charge in [0.05, 0.1) is 11.5 Å². The fourth-order valence-corrected chi connectivity index (χ4v) is 2.42. The van der Waals surface area contributed by atoms with Crippen molar-refractivity contribution in [2.75, 3.05) is 13.2 Å². The number of carbonyl (C=O) groups is 1. The molecule has 1 saturated heterocycles. The fraction of sp³-hybridized carbons (Fsp3) is 0.700. The van der Waals surface area contributed by atoms with Gasteiger partial charge in [0.2, 0.25) is 0 Å². The lowest BCUT2D eigenvalue weighted by Crippen LogP contribution is -2.29. The van der Waals surface area contributed by atoms with Gasteiger partial charge in [0, 0.05) is 6.54 Å². The Morgan fingerprint density at radius 3 is 3.31 bits per heavy atom. The van der Waals surface area contributed by atoms with Crippen LogP contribution in [0.2, 0.25) is 0 Å². The van der Waals surface area contributed by atoms with Crippen molar-refractivity contribution in [2.24, 2.45) is 11.1 Å². The summed E-state index contributed by atoms with van der Waals surface area (Å²) in [5.41, 5.74) is 5.09. The smallest absolute Gasteiger partial charge is 0.170 e. The van der Waals surface area contributed by atoms with E-state index in [9.17, 15) is 4.79 Å². The topological polar surface area (TPSA) is 52.3 Å². The van der Waals surface area contributed by atoms with Crippen LogP contribution in [0.4, 0.5) is 0 Å². The molecular weight excluding hydrogens is 166 g/mol. The zero-order valence-corrected chi connectivity index (χ0v) is 7.66. The van der Waals surface area contributed by atoms with Crippen LogP contribution in [-0.2, 0) is 9.53 Å². The van der Waals surface area contributed by atoms with Crippen molar-refractivity contribution in [3.63, 3.8) is 0 Å². The number of Topliss-reactive ketones (excluding diaryl/α,β-unsaturated/α-hetero) is 1. The first-order valence-electron chi connectivity index (χ1n) is 4.82. The van der Waals surface area contributed by atoms with Crippen molar-refractivity contribution in [1.29, 1.82) is 0 Å². The molecule has 2 rings (SSSR count). The van der Waals surface area contributed by atoms with Crippen LogP contribution in [0.1, 0.15) is 19.3 Å². The minimum absolute atomic E-state index is 0.128. The highest BCUT2D eigenvalue weighted by Gasteiger charge is 2.51. The van der Waals surface area contributed by atoms with Crippen LogP contribution < -0.4 is 5.73 Å². The van der Waals surface area contributed by atoms with Crippen molar-refractivity contribution in [3.05, 3.63) is 12.2 Å². The number of ether oxygens (including phenoxy) is 1. The normalized spacial score (nSPS) is 38.8. The summed E-state index contributed by atoms with van der Waals surface area (Å²) >= 11 is 0. The number of rotatable bonds is 2. The van der Waals surface area contributed by atoms with E-state index in [0.717, 1.165) is 19.3 Å². The number of ketones is 1. The number of carbonyl (C=O) groups excluding carboxylic acids is 1. The third-order valence-electron chi connectivity index (χ3n) is 3.12. The second-order valence-electron chi connectivity index (χ2n) is 3.79. The van der Waals surface area contributed by atoms with E-state index in [-0.39, 0.29) is 17.3 Å². The van der Waals surface area contributed by atoms with Gasteiger partial charge in [-0.25, -0.2) is 0 Å². The van der Waals surface area contributed by atoms with E-state index in [1.807, 2.05) is 12.2 Å². The molecule has 0 bridgehead atoms. The average molecular weight is 181 g/mol. The fourth-order valence-electron chi connectivity index (χ4n) is 2.42. The Bertz CT molecular complexity index is 249. The molecule has 0 amide bonds. The zero-order chi connectivity index (χ0) is 9.31. The highest BCUT2D eigenvalue weighted by Crippen LogP contribution is 2.46. The lowest BCUT2D eigenvalue weighted by Gasteiger charge is -2.21. The first kappa shape index (κ1) is 8.91. The Morgan fingerprint density at radius 2 is 2.54 bits per heavy atom. The third-order valence-corrected chi connectivity index (χ3v) is 3.12. The highest BCUT2D eigenvalue weighted by atomic mass is 16.5. The van der Waals surface area contributed by atoms with Gasteiger partial charge in [0.15, 0.2) is 5.78 Å².